The van der Waals surface area contributed by atoms with Crippen LogP contribution in [0.5, 0.6) is 0 Å². The SMILES string of the molecule is Fc1ccc2c(c1)C(Cl)Nc1ccccc1S2. The van der Waals surface area contributed by atoms with Crippen molar-refractivity contribution >= 4 is 29.1 Å². The average Bonchev–Trinajstić information content (AvgIpc) is 2.46. The van der Waals surface area contributed by atoms with Crippen molar-refractivity contribution in [3.63, 3.8) is 0 Å². The second-order valence-corrected chi connectivity index (χ2v) is 5.31. The third-order valence-corrected chi connectivity index (χ3v) is 4.15. The van der Waals surface area contributed by atoms with Gasteiger partial charge >= 0.3 is 0 Å². The van der Waals surface area contributed by atoms with Gasteiger partial charge in [-0.25, -0.2) is 4.39 Å². The summed E-state index contributed by atoms with van der Waals surface area (Å²) >= 11 is 7.86. The second kappa shape index (κ2) is 4.24. The zero-order chi connectivity index (χ0) is 11.8. The number of anilines is 1. The average molecular weight is 266 g/mol. The normalized spacial score (nSPS) is 17.6. The van der Waals surface area contributed by atoms with Crippen LogP contribution in [0.2, 0.25) is 0 Å². The molecule has 0 saturated carbocycles. The molecule has 0 radical (unpaired) electrons. The van der Waals surface area contributed by atoms with Crippen LogP contribution in [-0.4, -0.2) is 0 Å². The smallest absolute Gasteiger partial charge is 0.128 e. The lowest BCUT2D eigenvalue weighted by Gasteiger charge is -2.12. The van der Waals surface area contributed by atoms with Crippen molar-refractivity contribution in [1.29, 1.82) is 0 Å². The lowest BCUT2D eigenvalue weighted by atomic mass is 10.2. The van der Waals surface area contributed by atoms with E-state index in [4.69, 9.17) is 11.6 Å². The molecule has 1 heterocycles. The van der Waals surface area contributed by atoms with Crippen LogP contribution in [0.1, 0.15) is 11.1 Å². The fourth-order valence-electron chi connectivity index (χ4n) is 1.82. The summed E-state index contributed by atoms with van der Waals surface area (Å²) in [5, 5.41) is 3.18. The molecule has 86 valence electrons. The molecule has 0 spiro atoms. The Labute approximate surface area is 108 Å². The molecule has 1 aliphatic rings. The first-order valence-corrected chi connectivity index (χ1v) is 6.46. The second-order valence-electron chi connectivity index (χ2n) is 3.79. The fraction of sp³-hybridized carbons (Fsp3) is 0.0769. The third-order valence-electron chi connectivity index (χ3n) is 2.63. The molecule has 0 amide bonds. The van der Waals surface area contributed by atoms with Gasteiger partial charge in [0.05, 0.1) is 0 Å². The highest BCUT2D eigenvalue weighted by atomic mass is 35.5. The van der Waals surface area contributed by atoms with Crippen LogP contribution < -0.4 is 5.32 Å². The fourth-order valence-corrected chi connectivity index (χ4v) is 3.23. The first-order valence-electron chi connectivity index (χ1n) is 5.21. The highest BCUT2D eigenvalue weighted by Gasteiger charge is 2.20. The number of para-hydroxylation sites is 1. The third kappa shape index (κ3) is 2.01. The molecule has 4 heteroatoms. The molecule has 1 atom stereocenters. The van der Waals surface area contributed by atoms with Gasteiger partial charge in [0.15, 0.2) is 0 Å². The zero-order valence-corrected chi connectivity index (χ0v) is 10.4. The Bertz CT molecular complexity index is 573. The van der Waals surface area contributed by atoms with Gasteiger partial charge < -0.3 is 5.32 Å². The summed E-state index contributed by atoms with van der Waals surface area (Å²) in [7, 11) is 0. The van der Waals surface area contributed by atoms with E-state index >= 15 is 0 Å². The number of nitrogens with one attached hydrogen (secondary N) is 1. The van der Waals surface area contributed by atoms with Gasteiger partial charge in [-0.05, 0) is 30.3 Å². The molecule has 2 aromatic carbocycles. The molecule has 0 aromatic heterocycles. The molecule has 17 heavy (non-hydrogen) atoms. The van der Waals surface area contributed by atoms with Crippen molar-refractivity contribution in [1.82, 2.24) is 0 Å². The van der Waals surface area contributed by atoms with Crippen LogP contribution >= 0.6 is 23.4 Å². The Kier molecular flexibility index (Phi) is 2.73. The summed E-state index contributed by atoms with van der Waals surface area (Å²) in [5.74, 6) is -0.261. The van der Waals surface area contributed by atoms with E-state index in [1.165, 1.54) is 12.1 Å². The van der Waals surface area contributed by atoms with Gasteiger partial charge in [-0.3, -0.25) is 0 Å². The molecule has 1 N–H and O–H groups in total. The maximum absolute atomic E-state index is 13.2. The Hall–Kier alpha value is -1.19. The minimum absolute atomic E-state index is 0.261. The molecule has 3 rings (SSSR count). The summed E-state index contributed by atoms with van der Waals surface area (Å²) in [4.78, 5) is 2.09. The standard InChI is InChI=1S/C13H9ClFNS/c14-13-9-7-8(15)5-6-11(9)17-12-4-2-1-3-10(12)16-13/h1-7,13,16H. The highest BCUT2D eigenvalue weighted by Crippen LogP contribution is 2.43. The van der Waals surface area contributed by atoms with E-state index in [1.807, 2.05) is 24.3 Å². The summed E-state index contributed by atoms with van der Waals surface area (Å²) in [6.45, 7) is 0. The van der Waals surface area contributed by atoms with Gasteiger partial charge in [-0.1, -0.05) is 35.5 Å². The van der Waals surface area contributed by atoms with Gasteiger partial charge in [-0.2, -0.15) is 0 Å². The molecule has 1 unspecified atom stereocenters. The number of alkyl halides is 1. The zero-order valence-electron chi connectivity index (χ0n) is 8.78. The molecule has 0 fully saturated rings. The van der Waals surface area contributed by atoms with Crippen LogP contribution in [-0.2, 0) is 0 Å². The molecule has 0 bridgehead atoms. The number of halogens is 2. The Morgan fingerprint density at radius 2 is 1.94 bits per heavy atom. The summed E-state index contributed by atoms with van der Waals surface area (Å²) in [5.41, 5.74) is 1.36. The van der Waals surface area contributed by atoms with Crippen molar-refractivity contribution in [2.45, 2.75) is 15.3 Å². The maximum atomic E-state index is 13.2. The first-order chi connectivity index (χ1) is 8.24. The summed E-state index contributed by atoms with van der Waals surface area (Å²) in [6.07, 6.45) is 0. The number of hydrogen-bond donors (Lipinski definition) is 1. The van der Waals surface area contributed by atoms with E-state index in [0.29, 0.717) is 0 Å². The Balaban J connectivity index is 2.14. The van der Waals surface area contributed by atoms with E-state index < -0.39 is 5.50 Å². The van der Waals surface area contributed by atoms with Gasteiger partial charge in [-0.15, -0.1) is 0 Å². The van der Waals surface area contributed by atoms with Crippen LogP contribution in [0.4, 0.5) is 10.1 Å². The van der Waals surface area contributed by atoms with Gasteiger partial charge in [0.1, 0.15) is 11.3 Å². The lowest BCUT2D eigenvalue weighted by molar-refractivity contribution is 0.623. The van der Waals surface area contributed by atoms with Crippen LogP contribution in [0, 0.1) is 5.82 Å². The lowest BCUT2D eigenvalue weighted by Crippen LogP contribution is -2.03. The maximum Gasteiger partial charge on any atom is 0.128 e. The van der Waals surface area contributed by atoms with Gasteiger partial charge in [0.25, 0.3) is 0 Å². The molecule has 0 aliphatic carbocycles. The minimum Gasteiger partial charge on any atom is -0.365 e. The molecular weight excluding hydrogens is 257 g/mol. The van der Waals surface area contributed by atoms with Crippen molar-refractivity contribution in [2.75, 3.05) is 5.32 Å². The van der Waals surface area contributed by atoms with E-state index in [2.05, 4.69) is 5.32 Å². The summed E-state index contributed by atoms with van der Waals surface area (Å²) < 4.78 is 13.2. The molecule has 2 aromatic rings. The topological polar surface area (TPSA) is 12.0 Å². The molecule has 0 saturated heterocycles. The van der Waals surface area contributed by atoms with Gasteiger partial charge in [0, 0.05) is 21.0 Å². The number of benzene rings is 2. The number of fused-ring (bicyclic) bond motifs is 2. The molecular formula is C13H9ClFNS. The van der Waals surface area contributed by atoms with Crippen LogP contribution in [0.3, 0.4) is 0 Å². The highest BCUT2D eigenvalue weighted by molar-refractivity contribution is 7.99. The monoisotopic (exact) mass is 265 g/mol. The largest absolute Gasteiger partial charge is 0.365 e. The van der Waals surface area contributed by atoms with E-state index in [-0.39, 0.29) is 5.82 Å². The van der Waals surface area contributed by atoms with E-state index in [1.54, 1.807) is 17.8 Å². The number of rotatable bonds is 0. The number of hydrogen-bond acceptors (Lipinski definition) is 2. The van der Waals surface area contributed by atoms with E-state index in [0.717, 1.165) is 21.0 Å². The van der Waals surface area contributed by atoms with Crippen molar-refractivity contribution < 1.29 is 4.39 Å². The Morgan fingerprint density at radius 3 is 2.82 bits per heavy atom. The summed E-state index contributed by atoms with van der Waals surface area (Å²) in [6, 6.07) is 12.6. The van der Waals surface area contributed by atoms with Crippen LogP contribution in [0.25, 0.3) is 0 Å². The Morgan fingerprint density at radius 1 is 1.12 bits per heavy atom. The predicted octanol–water partition coefficient (Wildman–Crippen LogP) is 4.64. The molecule has 1 aliphatic heterocycles. The first kappa shape index (κ1) is 10.9. The van der Waals surface area contributed by atoms with Gasteiger partial charge in [0.2, 0.25) is 0 Å². The van der Waals surface area contributed by atoms with Crippen molar-refractivity contribution in [3.05, 3.63) is 53.8 Å². The predicted molar refractivity (Wildman–Crippen MR) is 69.2 cm³/mol. The minimum atomic E-state index is -0.406. The van der Waals surface area contributed by atoms with Crippen LogP contribution in [0.15, 0.2) is 52.3 Å². The molecule has 1 nitrogen and oxygen atoms in total. The quantitative estimate of drug-likeness (QED) is 0.550. The van der Waals surface area contributed by atoms with E-state index in [9.17, 15) is 4.39 Å². The van der Waals surface area contributed by atoms with Crippen molar-refractivity contribution in [3.8, 4) is 0 Å². The van der Waals surface area contributed by atoms with Crippen molar-refractivity contribution in [2.24, 2.45) is 0 Å².